The summed E-state index contributed by atoms with van der Waals surface area (Å²) in [5.74, 6) is 0.244. The highest BCUT2D eigenvalue weighted by Gasteiger charge is 2.01. The lowest BCUT2D eigenvalue weighted by atomic mass is 10.2. The van der Waals surface area contributed by atoms with Gasteiger partial charge in [-0.15, -0.1) is 0 Å². The molecule has 0 spiro atoms. The highest BCUT2D eigenvalue weighted by Crippen LogP contribution is 2.09. The summed E-state index contributed by atoms with van der Waals surface area (Å²) >= 11 is 0. The van der Waals surface area contributed by atoms with Crippen molar-refractivity contribution >= 4 is 5.82 Å². The first kappa shape index (κ1) is 11.0. The Labute approximate surface area is 97.8 Å². The molecule has 0 unspecified atom stereocenters. The number of nitrogens with one attached hydrogen (secondary N) is 1. The normalized spacial score (nSPS) is 9.65. The fourth-order valence-corrected chi connectivity index (χ4v) is 1.30. The summed E-state index contributed by atoms with van der Waals surface area (Å²) in [5, 5.41) is 11.5. The molecule has 0 aliphatic carbocycles. The topological polar surface area (TPSA) is 61.6 Å². The second-order valence-electron chi connectivity index (χ2n) is 3.34. The van der Waals surface area contributed by atoms with Crippen LogP contribution in [-0.2, 0) is 6.54 Å². The minimum Gasteiger partial charge on any atom is -0.365 e. The van der Waals surface area contributed by atoms with E-state index in [1.165, 1.54) is 18.5 Å². The molecule has 0 radical (unpaired) electrons. The molecule has 84 valence electrons. The van der Waals surface area contributed by atoms with Gasteiger partial charge in [-0.05, 0) is 6.07 Å². The van der Waals surface area contributed by atoms with Crippen molar-refractivity contribution in [1.82, 2.24) is 9.97 Å². The van der Waals surface area contributed by atoms with Crippen LogP contribution in [0.2, 0.25) is 0 Å². The number of aromatic nitrogens is 2. The lowest BCUT2D eigenvalue weighted by Gasteiger charge is -2.05. The summed E-state index contributed by atoms with van der Waals surface area (Å²) in [5.41, 5.74) is 0.806. The molecule has 0 aliphatic heterocycles. The molecule has 0 amide bonds. The van der Waals surface area contributed by atoms with Gasteiger partial charge in [0.05, 0.1) is 12.4 Å². The molecular formula is C12H9FN4. The Morgan fingerprint density at radius 2 is 2.06 bits per heavy atom. The summed E-state index contributed by atoms with van der Waals surface area (Å²) in [7, 11) is 0. The lowest BCUT2D eigenvalue weighted by molar-refractivity contribution is 0.613. The van der Waals surface area contributed by atoms with Gasteiger partial charge in [0.15, 0.2) is 5.69 Å². The molecule has 0 saturated carbocycles. The van der Waals surface area contributed by atoms with E-state index >= 15 is 0 Å². The van der Waals surface area contributed by atoms with Gasteiger partial charge in [0.1, 0.15) is 17.7 Å². The Hall–Kier alpha value is -2.48. The predicted octanol–water partition coefficient (Wildman–Crippen LogP) is 2.10. The second kappa shape index (κ2) is 5.03. The van der Waals surface area contributed by atoms with Gasteiger partial charge in [-0.2, -0.15) is 5.26 Å². The van der Waals surface area contributed by atoms with Gasteiger partial charge in [0.2, 0.25) is 0 Å². The third kappa shape index (κ3) is 2.75. The van der Waals surface area contributed by atoms with Crippen LogP contribution in [0.3, 0.4) is 0 Å². The van der Waals surface area contributed by atoms with Gasteiger partial charge in [-0.3, -0.25) is 0 Å². The monoisotopic (exact) mass is 228 g/mol. The molecule has 1 aromatic heterocycles. The number of hydrogen-bond acceptors (Lipinski definition) is 4. The maximum atomic E-state index is 13.3. The molecule has 0 saturated heterocycles. The fourth-order valence-electron chi connectivity index (χ4n) is 1.30. The van der Waals surface area contributed by atoms with E-state index in [9.17, 15) is 4.39 Å². The van der Waals surface area contributed by atoms with Crippen LogP contribution >= 0.6 is 0 Å². The number of halogens is 1. The molecule has 17 heavy (non-hydrogen) atoms. The van der Waals surface area contributed by atoms with Crippen LogP contribution in [0.1, 0.15) is 11.3 Å². The maximum Gasteiger partial charge on any atom is 0.158 e. The molecule has 1 aromatic carbocycles. The Balaban J connectivity index is 2.03. The van der Waals surface area contributed by atoms with E-state index in [1.54, 1.807) is 18.2 Å². The van der Waals surface area contributed by atoms with E-state index in [0.29, 0.717) is 17.9 Å². The number of rotatable bonds is 3. The van der Waals surface area contributed by atoms with E-state index in [0.717, 1.165) is 0 Å². The molecule has 0 bridgehead atoms. The van der Waals surface area contributed by atoms with Gasteiger partial charge in [0.25, 0.3) is 0 Å². The van der Waals surface area contributed by atoms with Crippen molar-refractivity contribution in [2.75, 3.05) is 5.32 Å². The van der Waals surface area contributed by atoms with E-state index in [1.807, 2.05) is 6.07 Å². The van der Waals surface area contributed by atoms with Crippen LogP contribution in [-0.4, -0.2) is 9.97 Å². The molecule has 1 heterocycles. The Kier molecular flexibility index (Phi) is 3.26. The van der Waals surface area contributed by atoms with E-state index in [2.05, 4.69) is 15.3 Å². The molecule has 0 aliphatic rings. The summed E-state index contributed by atoms with van der Waals surface area (Å²) in [4.78, 5) is 7.83. The quantitative estimate of drug-likeness (QED) is 0.873. The zero-order valence-corrected chi connectivity index (χ0v) is 8.89. The lowest BCUT2D eigenvalue weighted by Crippen LogP contribution is -2.03. The first-order valence-corrected chi connectivity index (χ1v) is 4.99. The first-order chi connectivity index (χ1) is 8.29. The van der Waals surface area contributed by atoms with Crippen LogP contribution < -0.4 is 5.32 Å². The number of benzene rings is 1. The summed E-state index contributed by atoms with van der Waals surface area (Å²) < 4.78 is 13.3. The van der Waals surface area contributed by atoms with Gasteiger partial charge >= 0.3 is 0 Å². The van der Waals surface area contributed by atoms with Crippen molar-refractivity contribution in [1.29, 1.82) is 5.26 Å². The highest BCUT2D eigenvalue weighted by molar-refractivity contribution is 5.34. The Bertz CT molecular complexity index is 545. The second-order valence-corrected chi connectivity index (χ2v) is 3.34. The van der Waals surface area contributed by atoms with Crippen LogP contribution in [0.5, 0.6) is 0 Å². The third-order valence-corrected chi connectivity index (χ3v) is 2.18. The zero-order valence-electron chi connectivity index (χ0n) is 8.89. The average molecular weight is 228 g/mol. The fraction of sp³-hybridized carbons (Fsp3) is 0.0833. The molecule has 5 heteroatoms. The van der Waals surface area contributed by atoms with E-state index < -0.39 is 0 Å². The van der Waals surface area contributed by atoms with E-state index in [4.69, 9.17) is 5.26 Å². The third-order valence-electron chi connectivity index (χ3n) is 2.18. The van der Waals surface area contributed by atoms with Crippen molar-refractivity contribution in [3.8, 4) is 6.07 Å². The SMILES string of the molecule is N#Cc1cnc(NCc2ccccc2F)cn1. The molecule has 4 nitrogen and oxygen atoms in total. The summed E-state index contributed by atoms with van der Waals surface area (Å²) in [6.07, 6.45) is 2.81. The molecule has 2 aromatic rings. The highest BCUT2D eigenvalue weighted by atomic mass is 19.1. The predicted molar refractivity (Wildman–Crippen MR) is 60.5 cm³/mol. The van der Waals surface area contributed by atoms with Gasteiger partial charge in [-0.25, -0.2) is 14.4 Å². The first-order valence-electron chi connectivity index (χ1n) is 4.99. The average Bonchev–Trinajstić information content (AvgIpc) is 2.38. The molecule has 2 rings (SSSR count). The molecular weight excluding hydrogens is 219 g/mol. The Morgan fingerprint density at radius 1 is 1.24 bits per heavy atom. The van der Waals surface area contributed by atoms with Crippen LogP contribution in [0, 0.1) is 17.1 Å². The smallest absolute Gasteiger partial charge is 0.158 e. The van der Waals surface area contributed by atoms with Crippen molar-refractivity contribution in [2.45, 2.75) is 6.54 Å². The number of nitriles is 1. The number of anilines is 1. The Morgan fingerprint density at radius 3 is 2.71 bits per heavy atom. The summed E-state index contributed by atoms with van der Waals surface area (Å²) in [6.45, 7) is 0.327. The van der Waals surface area contributed by atoms with Crippen LogP contribution in [0.25, 0.3) is 0 Å². The summed E-state index contributed by atoms with van der Waals surface area (Å²) in [6, 6.07) is 8.38. The molecule has 0 atom stereocenters. The minimum absolute atomic E-state index is 0.251. The van der Waals surface area contributed by atoms with Crippen LogP contribution in [0.15, 0.2) is 36.7 Å². The van der Waals surface area contributed by atoms with Gasteiger partial charge < -0.3 is 5.32 Å². The van der Waals surface area contributed by atoms with E-state index in [-0.39, 0.29) is 11.5 Å². The van der Waals surface area contributed by atoms with Crippen LogP contribution in [0.4, 0.5) is 10.2 Å². The van der Waals surface area contributed by atoms with Crippen molar-refractivity contribution in [3.05, 3.63) is 53.7 Å². The van der Waals surface area contributed by atoms with Gasteiger partial charge in [-0.1, -0.05) is 18.2 Å². The molecule has 1 N–H and O–H groups in total. The minimum atomic E-state index is -0.262. The maximum absolute atomic E-state index is 13.3. The largest absolute Gasteiger partial charge is 0.365 e. The van der Waals surface area contributed by atoms with Crippen molar-refractivity contribution in [3.63, 3.8) is 0 Å². The number of nitrogens with zero attached hydrogens (tertiary/aromatic N) is 3. The zero-order chi connectivity index (χ0) is 12.1. The number of hydrogen-bond donors (Lipinski definition) is 1. The van der Waals surface area contributed by atoms with Crippen molar-refractivity contribution < 1.29 is 4.39 Å². The van der Waals surface area contributed by atoms with Crippen molar-refractivity contribution in [2.24, 2.45) is 0 Å². The standard InChI is InChI=1S/C12H9FN4/c13-11-4-2-1-3-9(11)6-16-12-8-15-10(5-14)7-17-12/h1-4,7-8H,6H2,(H,16,17). The van der Waals surface area contributed by atoms with Gasteiger partial charge in [0, 0.05) is 12.1 Å². The molecule has 0 fully saturated rings.